The van der Waals surface area contributed by atoms with Crippen molar-refractivity contribution in [3.8, 4) is 17.2 Å². The molecule has 0 N–H and O–H groups in total. The summed E-state index contributed by atoms with van der Waals surface area (Å²) >= 11 is 3.22. The predicted octanol–water partition coefficient (Wildman–Crippen LogP) is 4.18. The van der Waals surface area contributed by atoms with Gasteiger partial charge >= 0.3 is 0 Å². The van der Waals surface area contributed by atoms with Gasteiger partial charge in [0, 0.05) is 28.2 Å². The first-order valence-electron chi connectivity index (χ1n) is 5.92. The molecule has 0 aliphatic rings. The Morgan fingerprint density at radius 2 is 1.55 bits per heavy atom. The second-order valence-electron chi connectivity index (χ2n) is 4.07. The lowest BCUT2D eigenvalue weighted by molar-refractivity contribution is 0.294. The number of halogens is 2. The third-order valence-corrected chi connectivity index (χ3v) is 3.23. The van der Waals surface area contributed by atoms with Crippen LogP contribution in [0.3, 0.4) is 0 Å². The molecule has 3 nitrogen and oxygen atoms in total. The van der Waals surface area contributed by atoms with Crippen LogP contribution in [0.1, 0.15) is 5.56 Å². The summed E-state index contributed by atoms with van der Waals surface area (Å²) in [5.41, 5.74) is 0.481. The molecule has 0 aliphatic carbocycles. The highest BCUT2D eigenvalue weighted by molar-refractivity contribution is 9.10. The van der Waals surface area contributed by atoms with Crippen LogP contribution in [-0.2, 0) is 6.61 Å². The Kier molecular flexibility index (Phi) is 4.84. The molecular weight excluding hydrogens is 327 g/mol. The van der Waals surface area contributed by atoms with Crippen LogP contribution in [0.4, 0.5) is 4.39 Å². The largest absolute Gasteiger partial charge is 0.496 e. The molecule has 0 fully saturated rings. The predicted molar refractivity (Wildman–Crippen MR) is 78.0 cm³/mol. The first-order valence-corrected chi connectivity index (χ1v) is 6.71. The van der Waals surface area contributed by atoms with E-state index >= 15 is 0 Å². The van der Waals surface area contributed by atoms with Crippen LogP contribution in [-0.4, -0.2) is 14.2 Å². The van der Waals surface area contributed by atoms with Crippen molar-refractivity contribution < 1.29 is 18.6 Å². The molecule has 0 bridgehead atoms. The highest BCUT2D eigenvalue weighted by Gasteiger charge is 2.06. The average molecular weight is 341 g/mol. The molecule has 0 spiro atoms. The number of rotatable bonds is 5. The molecular formula is C15H14BrFO3. The SMILES string of the molecule is COc1cc(OC)cc(OCc2ccc(Br)cc2F)c1. The van der Waals surface area contributed by atoms with Crippen molar-refractivity contribution in [1.29, 1.82) is 0 Å². The third kappa shape index (κ3) is 3.63. The molecule has 2 aromatic rings. The van der Waals surface area contributed by atoms with Crippen molar-refractivity contribution in [1.82, 2.24) is 0 Å². The van der Waals surface area contributed by atoms with E-state index in [1.807, 2.05) is 0 Å². The summed E-state index contributed by atoms with van der Waals surface area (Å²) < 4.78 is 30.3. The molecule has 0 heterocycles. The van der Waals surface area contributed by atoms with E-state index in [-0.39, 0.29) is 12.4 Å². The first kappa shape index (κ1) is 14.7. The Morgan fingerprint density at radius 1 is 0.950 bits per heavy atom. The quantitative estimate of drug-likeness (QED) is 0.816. The summed E-state index contributed by atoms with van der Waals surface area (Å²) in [6, 6.07) is 10.0. The van der Waals surface area contributed by atoms with Crippen molar-refractivity contribution in [2.24, 2.45) is 0 Å². The average Bonchev–Trinajstić information content (AvgIpc) is 2.46. The van der Waals surface area contributed by atoms with Crippen LogP contribution < -0.4 is 14.2 Å². The molecule has 5 heteroatoms. The van der Waals surface area contributed by atoms with Crippen molar-refractivity contribution in [3.63, 3.8) is 0 Å². The third-order valence-electron chi connectivity index (χ3n) is 2.73. The number of hydrogen-bond acceptors (Lipinski definition) is 3. The molecule has 0 radical (unpaired) electrons. The van der Waals surface area contributed by atoms with E-state index in [9.17, 15) is 4.39 Å². The van der Waals surface area contributed by atoms with Crippen LogP contribution in [0, 0.1) is 5.82 Å². The molecule has 20 heavy (non-hydrogen) atoms. The van der Waals surface area contributed by atoms with Gasteiger partial charge < -0.3 is 14.2 Å². The number of ether oxygens (including phenoxy) is 3. The summed E-state index contributed by atoms with van der Waals surface area (Å²) in [5, 5.41) is 0. The Hall–Kier alpha value is -1.75. The Labute approximate surface area is 125 Å². The lowest BCUT2D eigenvalue weighted by atomic mass is 10.2. The van der Waals surface area contributed by atoms with E-state index in [0.717, 1.165) is 0 Å². The van der Waals surface area contributed by atoms with E-state index in [0.29, 0.717) is 27.3 Å². The van der Waals surface area contributed by atoms with Crippen molar-refractivity contribution in [2.45, 2.75) is 6.61 Å². The van der Waals surface area contributed by atoms with Gasteiger partial charge in [0.05, 0.1) is 14.2 Å². The minimum atomic E-state index is -0.311. The molecule has 0 aromatic heterocycles. The van der Waals surface area contributed by atoms with Crippen LogP contribution in [0.5, 0.6) is 17.2 Å². The normalized spacial score (nSPS) is 10.2. The topological polar surface area (TPSA) is 27.7 Å². The fourth-order valence-corrected chi connectivity index (χ4v) is 2.00. The number of methoxy groups -OCH3 is 2. The van der Waals surface area contributed by atoms with Crippen molar-refractivity contribution in [3.05, 3.63) is 52.3 Å². The van der Waals surface area contributed by atoms with Crippen molar-refractivity contribution in [2.75, 3.05) is 14.2 Å². The standard InChI is InChI=1S/C15H14BrFO3/c1-18-12-6-13(19-2)8-14(7-12)20-9-10-3-4-11(16)5-15(10)17/h3-8H,9H2,1-2H3. The van der Waals surface area contributed by atoms with E-state index in [4.69, 9.17) is 14.2 Å². The molecule has 106 valence electrons. The van der Waals surface area contributed by atoms with Gasteiger partial charge in [-0.2, -0.15) is 0 Å². The van der Waals surface area contributed by atoms with Gasteiger partial charge in [-0.05, 0) is 12.1 Å². The molecule has 0 saturated heterocycles. The Bertz CT molecular complexity index is 579. The van der Waals surface area contributed by atoms with Gasteiger partial charge in [-0.15, -0.1) is 0 Å². The summed E-state index contributed by atoms with van der Waals surface area (Å²) in [6.45, 7) is 0.134. The number of benzene rings is 2. The molecule has 2 rings (SSSR count). The van der Waals surface area contributed by atoms with E-state index in [2.05, 4.69) is 15.9 Å². The second-order valence-corrected chi connectivity index (χ2v) is 4.99. The minimum Gasteiger partial charge on any atom is -0.496 e. The summed E-state index contributed by atoms with van der Waals surface area (Å²) in [5.74, 6) is 1.49. The Morgan fingerprint density at radius 3 is 2.10 bits per heavy atom. The molecule has 2 aromatic carbocycles. The van der Waals surface area contributed by atoms with Gasteiger partial charge in [-0.1, -0.05) is 22.0 Å². The second kappa shape index (κ2) is 6.61. The minimum absolute atomic E-state index is 0.134. The smallest absolute Gasteiger partial charge is 0.130 e. The maximum atomic E-state index is 13.7. The lowest BCUT2D eigenvalue weighted by Gasteiger charge is -2.11. The number of hydrogen-bond donors (Lipinski definition) is 0. The highest BCUT2D eigenvalue weighted by atomic mass is 79.9. The summed E-state index contributed by atoms with van der Waals surface area (Å²) in [4.78, 5) is 0. The fourth-order valence-electron chi connectivity index (χ4n) is 1.66. The van der Waals surface area contributed by atoms with Gasteiger partial charge in [-0.25, -0.2) is 4.39 Å². The maximum absolute atomic E-state index is 13.7. The molecule has 0 saturated carbocycles. The highest BCUT2D eigenvalue weighted by Crippen LogP contribution is 2.28. The zero-order chi connectivity index (χ0) is 14.5. The summed E-state index contributed by atoms with van der Waals surface area (Å²) in [7, 11) is 3.12. The molecule has 0 amide bonds. The molecule has 0 aliphatic heterocycles. The monoisotopic (exact) mass is 340 g/mol. The van der Waals surface area contributed by atoms with E-state index < -0.39 is 0 Å². The first-order chi connectivity index (χ1) is 9.62. The van der Waals surface area contributed by atoms with Gasteiger partial charge in [0.15, 0.2) is 0 Å². The van der Waals surface area contributed by atoms with Crippen LogP contribution in [0.2, 0.25) is 0 Å². The van der Waals surface area contributed by atoms with Gasteiger partial charge in [-0.3, -0.25) is 0 Å². The Balaban J connectivity index is 2.13. The zero-order valence-electron chi connectivity index (χ0n) is 11.2. The molecule has 0 unspecified atom stereocenters. The van der Waals surface area contributed by atoms with Gasteiger partial charge in [0.1, 0.15) is 29.7 Å². The van der Waals surface area contributed by atoms with Crippen molar-refractivity contribution >= 4 is 15.9 Å². The van der Waals surface area contributed by atoms with Gasteiger partial charge in [0.2, 0.25) is 0 Å². The lowest BCUT2D eigenvalue weighted by Crippen LogP contribution is -1.99. The van der Waals surface area contributed by atoms with Crippen LogP contribution in [0.15, 0.2) is 40.9 Å². The fraction of sp³-hybridized carbons (Fsp3) is 0.200. The van der Waals surface area contributed by atoms with Gasteiger partial charge in [0.25, 0.3) is 0 Å². The molecule has 0 atom stereocenters. The van der Waals surface area contributed by atoms with E-state index in [1.165, 1.54) is 6.07 Å². The zero-order valence-corrected chi connectivity index (χ0v) is 12.7. The van der Waals surface area contributed by atoms with Crippen LogP contribution >= 0.6 is 15.9 Å². The maximum Gasteiger partial charge on any atom is 0.130 e. The van der Waals surface area contributed by atoms with E-state index in [1.54, 1.807) is 44.6 Å². The van der Waals surface area contributed by atoms with Crippen LogP contribution in [0.25, 0.3) is 0 Å². The summed E-state index contributed by atoms with van der Waals surface area (Å²) in [6.07, 6.45) is 0.